The van der Waals surface area contributed by atoms with Crippen LogP contribution in [0.3, 0.4) is 0 Å². The second-order valence-electron chi connectivity index (χ2n) is 5.02. The summed E-state index contributed by atoms with van der Waals surface area (Å²) in [5, 5.41) is 11.2. The van der Waals surface area contributed by atoms with Crippen molar-refractivity contribution >= 4 is 0 Å². The van der Waals surface area contributed by atoms with Gasteiger partial charge in [-0.2, -0.15) is 10.1 Å². The molecule has 22 heavy (non-hydrogen) atoms. The minimum atomic E-state index is 0.383. The van der Waals surface area contributed by atoms with Gasteiger partial charge in [-0.15, -0.1) is 0 Å². The molecule has 4 rings (SSSR count). The molecule has 8 nitrogen and oxygen atoms in total. The third-order valence-electron chi connectivity index (χ3n) is 3.37. The molecule has 0 aliphatic rings. The van der Waals surface area contributed by atoms with E-state index in [1.54, 1.807) is 6.33 Å². The lowest BCUT2D eigenvalue weighted by molar-refractivity contribution is 0.430. The number of imidazole rings is 1. The average Bonchev–Trinajstić information content (AvgIpc) is 3.23. The summed E-state index contributed by atoms with van der Waals surface area (Å²) in [4.78, 5) is 8.55. The summed E-state index contributed by atoms with van der Waals surface area (Å²) in [6, 6.07) is 5.84. The van der Waals surface area contributed by atoms with Crippen LogP contribution in [-0.2, 0) is 14.1 Å². The first-order chi connectivity index (χ1) is 10.7. The van der Waals surface area contributed by atoms with Crippen molar-refractivity contribution in [1.29, 1.82) is 0 Å². The van der Waals surface area contributed by atoms with Crippen molar-refractivity contribution in [2.75, 3.05) is 0 Å². The fraction of sp³-hybridized carbons (Fsp3) is 0.143. The van der Waals surface area contributed by atoms with Crippen molar-refractivity contribution in [1.82, 2.24) is 34.5 Å². The molecule has 110 valence electrons. The Kier molecular flexibility index (Phi) is 2.68. The minimum absolute atomic E-state index is 0.383. The molecule has 4 aromatic rings. The predicted octanol–water partition coefficient (Wildman–Crippen LogP) is 1.87. The van der Waals surface area contributed by atoms with Crippen LogP contribution in [0.25, 0.3) is 34.5 Å². The normalized spacial score (nSPS) is 11.2. The van der Waals surface area contributed by atoms with Gasteiger partial charge in [-0.05, 0) is 18.2 Å². The summed E-state index contributed by atoms with van der Waals surface area (Å²) in [5.74, 6) is 0.833. The van der Waals surface area contributed by atoms with E-state index in [-0.39, 0.29) is 0 Å². The van der Waals surface area contributed by atoms with E-state index in [0.717, 1.165) is 11.4 Å². The molecule has 0 saturated heterocycles. The van der Waals surface area contributed by atoms with Crippen molar-refractivity contribution in [2.24, 2.45) is 14.1 Å². The number of nitrogens with one attached hydrogen (secondary N) is 1. The Balaban J connectivity index is 1.67. The molecule has 0 spiro atoms. The summed E-state index contributed by atoms with van der Waals surface area (Å²) in [5.41, 5.74) is 3.16. The van der Waals surface area contributed by atoms with E-state index in [2.05, 4.69) is 25.3 Å². The number of aromatic amines is 1. The van der Waals surface area contributed by atoms with Crippen LogP contribution in [0.5, 0.6) is 0 Å². The number of hydrogen-bond acceptors (Lipinski definition) is 5. The summed E-state index contributed by atoms with van der Waals surface area (Å²) < 4.78 is 9.11. The molecule has 4 aromatic heterocycles. The molecule has 0 aliphatic heterocycles. The Morgan fingerprint density at radius 3 is 2.86 bits per heavy atom. The number of aromatic nitrogens is 7. The zero-order valence-electron chi connectivity index (χ0n) is 12.1. The summed E-state index contributed by atoms with van der Waals surface area (Å²) in [7, 11) is 3.86. The van der Waals surface area contributed by atoms with Gasteiger partial charge in [0.1, 0.15) is 17.1 Å². The van der Waals surface area contributed by atoms with E-state index in [0.29, 0.717) is 23.1 Å². The van der Waals surface area contributed by atoms with Crippen LogP contribution in [0, 0.1) is 0 Å². The van der Waals surface area contributed by atoms with E-state index < -0.39 is 0 Å². The van der Waals surface area contributed by atoms with E-state index >= 15 is 0 Å². The Morgan fingerprint density at radius 1 is 1.23 bits per heavy atom. The highest BCUT2D eigenvalue weighted by Gasteiger charge is 2.15. The van der Waals surface area contributed by atoms with Crippen LogP contribution >= 0.6 is 0 Å². The Labute approximate surface area is 125 Å². The number of aryl methyl sites for hydroxylation is 2. The molecule has 0 fully saturated rings. The van der Waals surface area contributed by atoms with Crippen molar-refractivity contribution in [3.8, 4) is 34.5 Å². The van der Waals surface area contributed by atoms with Crippen LogP contribution in [0.4, 0.5) is 0 Å². The summed E-state index contributed by atoms with van der Waals surface area (Å²) in [6.07, 6.45) is 5.49. The van der Waals surface area contributed by atoms with E-state index in [1.165, 1.54) is 0 Å². The zero-order chi connectivity index (χ0) is 15.1. The highest BCUT2D eigenvalue weighted by molar-refractivity contribution is 5.62. The van der Waals surface area contributed by atoms with Gasteiger partial charge in [0.15, 0.2) is 0 Å². The molecular weight excluding hydrogens is 282 g/mol. The van der Waals surface area contributed by atoms with Crippen molar-refractivity contribution in [3.05, 3.63) is 36.9 Å². The second-order valence-corrected chi connectivity index (χ2v) is 5.02. The largest absolute Gasteiger partial charge is 0.349 e. The molecule has 4 heterocycles. The van der Waals surface area contributed by atoms with Gasteiger partial charge in [-0.3, -0.25) is 5.10 Å². The third-order valence-corrected chi connectivity index (χ3v) is 3.37. The molecule has 0 amide bonds. The standard InChI is InChI=1S/C14H13N7O/c1-20-7-11(15-8-20)13-16-14(22-19-13)10-6-9(17-18-10)12-4-3-5-21(12)2/h3-8H,1-2H3,(H,17,18). The lowest BCUT2D eigenvalue weighted by Gasteiger charge is -1.96. The zero-order valence-corrected chi connectivity index (χ0v) is 12.1. The van der Waals surface area contributed by atoms with Crippen LogP contribution in [0.15, 0.2) is 41.4 Å². The van der Waals surface area contributed by atoms with Gasteiger partial charge in [0, 0.05) is 26.5 Å². The van der Waals surface area contributed by atoms with Gasteiger partial charge in [-0.25, -0.2) is 4.98 Å². The summed E-state index contributed by atoms with van der Waals surface area (Å²) in [6.45, 7) is 0. The monoisotopic (exact) mass is 295 g/mol. The first kappa shape index (κ1) is 12.6. The third kappa shape index (κ3) is 2.01. The molecule has 0 radical (unpaired) electrons. The quantitative estimate of drug-likeness (QED) is 0.623. The Bertz CT molecular complexity index is 926. The maximum atomic E-state index is 5.29. The molecule has 0 atom stereocenters. The Morgan fingerprint density at radius 2 is 2.14 bits per heavy atom. The van der Waals surface area contributed by atoms with Gasteiger partial charge < -0.3 is 13.7 Å². The molecule has 0 bridgehead atoms. The minimum Gasteiger partial charge on any atom is -0.349 e. The van der Waals surface area contributed by atoms with E-state index in [9.17, 15) is 0 Å². The van der Waals surface area contributed by atoms with Gasteiger partial charge >= 0.3 is 0 Å². The second kappa shape index (κ2) is 4.69. The molecule has 0 saturated carbocycles. The maximum Gasteiger partial charge on any atom is 0.276 e. The Hall–Kier alpha value is -3.16. The fourth-order valence-corrected chi connectivity index (χ4v) is 2.25. The first-order valence-electron chi connectivity index (χ1n) is 6.70. The topological polar surface area (TPSA) is 90.4 Å². The molecule has 0 aliphatic carbocycles. The summed E-state index contributed by atoms with van der Waals surface area (Å²) >= 11 is 0. The van der Waals surface area contributed by atoms with Gasteiger partial charge in [0.2, 0.25) is 5.82 Å². The van der Waals surface area contributed by atoms with Crippen molar-refractivity contribution in [3.63, 3.8) is 0 Å². The molecule has 0 unspecified atom stereocenters. The molecule has 1 N–H and O–H groups in total. The average molecular weight is 295 g/mol. The highest BCUT2D eigenvalue weighted by Crippen LogP contribution is 2.24. The number of hydrogen-bond donors (Lipinski definition) is 1. The van der Waals surface area contributed by atoms with Crippen molar-refractivity contribution < 1.29 is 4.52 Å². The van der Waals surface area contributed by atoms with Crippen LogP contribution in [0.1, 0.15) is 0 Å². The number of nitrogens with zero attached hydrogens (tertiary/aromatic N) is 6. The first-order valence-corrected chi connectivity index (χ1v) is 6.70. The highest BCUT2D eigenvalue weighted by atomic mass is 16.5. The number of rotatable bonds is 3. The van der Waals surface area contributed by atoms with Gasteiger partial charge in [-0.1, -0.05) is 5.16 Å². The van der Waals surface area contributed by atoms with Crippen molar-refractivity contribution in [2.45, 2.75) is 0 Å². The van der Waals surface area contributed by atoms with Crippen LogP contribution < -0.4 is 0 Å². The molecular formula is C14H13N7O. The maximum absolute atomic E-state index is 5.29. The smallest absolute Gasteiger partial charge is 0.276 e. The van der Waals surface area contributed by atoms with Gasteiger partial charge in [0.05, 0.1) is 12.0 Å². The number of H-pyrrole nitrogens is 1. The lowest BCUT2D eigenvalue weighted by Crippen LogP contribution is -1.88. The molecule has 8 heteroatoms. The lowest BCUT2D eigenvalue weighted by atomic mass is 10.3. The molecule has 0 aromatic carbocycles. The van der Waals surface area contributed by atoms with Gasteiger partial charge in [0.25, 0.3) is 5.89 Å². The fourth-order valence-electron chi connectivity index (χ4n) is 2.25. The predicted molar refractivity (Wildman–Crippen MR) is 78.5 cm³/mol. The van der Waals surface area contributed by atoms with E-state index in [4.69, 9.17) is 4.52 Å². The van der Waals surface area contributed by atoms with Crippen LogP contribution in [-0.4, -0.2) is 34.5 Å². The SMILES string of the molecule is Cn1cnc(-c2noc(-c3cc(-c4cccn4C)n[nH]3)n2)c1. The van der Waals surface area contributed by atoms with Crippen LogP contribution in [0.2, 0.25) is 0 Å². The van der Waals surface area contributed by atoms with E-state index in [1.807, 2.05) is 53.8 Å².